The van der Waals surface area contributed by atoms with Crippen molar-refractivity contribution in [2.45, 2.75) is 17.2 Å². The summed E-state index contributed by atoms with van der Waals surface area (Å²) < 4.78 is 94.2. The maximum absolute atomic E-state index is 13.2. The fourth-order valence-electron chi connectivity index (χ4n) is 3.69. The van der Waals surface area contributed by atoms with Gasteiger partial charge in [0.05, 0.1) is 27.3 Å². The molecule has 0 bridgehead atoms. The highest BCUT2D eigenvalue weighted by Gasteiger charge is 2.32. The highest BCUT2D eigenvalue weighted by Crippen LogP contribution is 2.33. The molecule has 1 saturated heterocycles. The molecule has 1 amide bonds. The molecule has 0 radical (unpaired) electrons. The van der Waals surface area contributed by atoms with E-state index in [0.29, 0.717) is 0 Å². The standard InChI is InChI=1S/C23H22F5N3O4S/c1-36(33,34)18-3-5-21(35-17(12-24)13-25)19(11-18)22(32)31-8-6-30(7-9-31)20-4-2-16(23(26,27)28)10-15(20)14-29/h2-5,10-11,17H,6-9,12-13H2,1H3. The highest BCUT2D eigenvalue weighted by molar-refractivity contribution is 7.90. The van der Waals surface area contributed by atoms with Crippen molar-refractivity contribution in [3.63, 3.8) is 0 Å². The lowest BCUT2D eigenvalue weighted by Gasteiger charge is -2.37. The quantitative estimate of drug-likeness (QED) is 0.507. The molecule has 3 rings (SSSR count). The molecule has 1 fully saturated rings. The number of carbonyl (C=O) groups is 1. The van der Waals surface area contributed by atoms with E-state index in [-0.39, 0.29) is 53.6 Å². The summed E-state index contributed by atoms with van der Waals surface area (Å²) in [5.74, 6) is -0.816. The summed E-state index contributed by atoms with van der Waals surface area (Å²) in [6.45, 7) is -1.81. The van der Waals surface area contributed by atoms with Crippen LogP contribution in [0.4, 0.5) is 27.6 Å². The van der Waals surface area contributed by atoms with Gasteiger partial charge in [-0.05, 0) is 36.4 Å². The van der Waals surface area contributed by atoms with E-state index in [1.807, 2.05) is 0 Å². The Balaban J connectivity index is 1.83. The first-order chi connectivity index (χ1) is 16.9. The molecule has 0 N–H and O–H groups in total. The zero-order valence-corrected chi connectivity index (χ0v) is 19.9. The minimum Gasteiger partial charge on any atom is -0.484 e. The van der Waals surface area contributed by atoms with Crippen LogP contribution in [0.15, 0.2) is 41.3 Å². The molecule has 1 aliphatic rings. The van der Waals surface area contributed by atoms with Gasteiger partial charge in [-0.15, -0.1) is 0 Å². The van der Waals surface area contributed by atoms with Crippen molar-refractivity contribution >= 4 is 21.4 Å². The second-order valence-corrected chi connectivity index (χ2v) is 10.1. The Kier molecular flexibility index (Phi) is 8.08. The summed E-state index contributed by atoms with van der Waals surface area (Å²) in [5.41, 5.74) is -1.01. The third-order valence-corrected chi connectivity index (χ3v) is 6.71. The average Bonchev–Trinajstić information content (AvgIpc) is 2.85. The van der Waals surface area contributed by atoms with Crippen LogP contribution in [-0.2, 0) is 16.0 Å². The average molecular weight is 532 g/mol. The van der Waals surface area contributed by atoms with Gasteiger partial charge >= 0.3 is 6.18 Å². The number of amides is 1. The lowest BCUT2D eigenvalue weighted by atomic mass is 10.1. The zero-order chi connectivity index (χ0) is 26.7. The molecule has 0 atom stereocenters. The van der Waals surface area contributed by atoms with E-state index < -0.39 is 46.9 Å². The molecule has 2 aromatic carbocycles. The van der Waals surface area contributed by atoms with Crippen molar-refractivity contribution in [1.82, 2.24) is 4.90 Å². The molecule has 7 nitrogen and oxygen atoms in total. The first-order valence-electron chi connectivity index (χ1n) is 10.7. The molecule has 13 heteroatoms. The molecule has 1 heterocycles. The van der Waals surface area contributed by atoms with E-state index >= 15 is 0 Å². The van der Waals surface area contributed by atoms with Gasteiger partial charge in [-0.1, -0.05) is 0 Å². The summed E-state index contributed by atoms with van der Waals surface area (Å²) in [7, 11) is -3.71. The number of alkyl halides is 5. The Morgan fingerprint density at radius 2 is 1.72 bits per heavy atom. The van der Waals surface area contributed by atoms with Gasteiger partial charge in [0.25, 0.3) is 5.91 Å². The van der Waals surface area contributed by atoms with Crippen molar-refractivity contribution in [2.24, 2.45) is 0 Å². The van der Waals surface area contributed by atoms with Gasteiger partial charge in [0.2, 0.25) is 0 Å². The Morgan fingerprint density at radius 3 is 2.25 bits per heavy atom. The Bertz CT molecular complexity index is 1270. The van der Waals surface area contributed by atoms with Crippen LogP contribution >= 0.6 is 0 Å². The van der Waals surface area contributed by atoms with E-state index in [4.69, 9.17) is 4.74 Å². The summed E-state index contributed by atoms with van der Waals surface area (Å²) in [6.07, 6.45) is -5.13. The lowest BCUT2D eigenvalue weighted by Crippen LogP contribution is -2.49. The second kappa shape index (κ2) is 10.7. The second-order valence-electron chi connectivity index (χ2n) is 8.10. The number of halogens is 5. The van der Waals surface area contributed by atoms with E-state index in [9.17, 15) is 40.4 Å². The van der Waals surface area contributed by atoms with Crippen LogP contribution in [0.5, 0.6) is 5.75 Å². The van der Waals surface area contributed by atoms with Crippen LogP contribution in [0.3, 0.4) is 0 Å². The molecule has 194 valence electrons. The molecule has 0 saturated carbocycles. The van der Waals surface area contributed by atoms with Crippen LogP contribution in [0.25, 0.3) is 0 Å². The van der Waals surface area contributed by atoms with E-state index in [1.165, 1.54) is 23.1 Å². The number of sulfone groups is 1. The highest BCUT2D eigenvalue weighted by atomic mass is 32.2. The van der Waals surface area contributed by atoms with Gasteiger partial charge < -0.3 is 14.5 Å². The number of nitrogens with zero attached hydrogens (tertiary/aromatic N) is 3. The molecule has 0 spiro atoms. The Labute approximate surface area is 204 Å². The molecule has 36 heavy (non-hydrogen) atoms. The van der Waals surface area contributed by atoms with Crippen molar-refractivity contribution in [3.05, 3.63) is 53.1 Å². The summed E-state index contributed by atoms with van der Waals surface area (Å²) in [6, 6.07) is 8.02. The topological polar surface area (TPSA) is 90.7 Å². The number of hydrogen-bond acceptors (Lipinski definition) is 6. The van der Waals surface area contributed by atoms with Gasteiger partial charge in [0, 0.05) is 32.4 Å². The minimum atomic E-state index is -4.60. The van der Waals surface area contributed by atoms with Crippen LogP contribution < -0.4 is 9.64 Å². The molecule has 2 aromatic rings. The molecule has 1 aliphatic heterocycles. The van der Waals surface area contributed by atoms with Gasteiger partial charge in [-0.25, -0.2) is 17.2 Å². The van der Waals surface area contributed by atoms with Crippen LogP contribution in [0.2, 0.25) is 0 Å². The molecule has 0 unspecified atom stereocenters. The SMILES string of the molecule is CS(=O)(=O)c1ccc(OC(CF)CF)c(C(=O)N2CCN(c3ccc(C(F)(F)F)cc3C#N)CC2)c1. The summed E-state index contributed by atoms with van der Waals surface area (Å²) >= 11 is 0. The maximum atomic E-state index is 13.2. The van der Waals surface area contributed by atoms with Crippen molar-refractivity contribution in [1.29, 1.82) is 5.26 Å². The number of ether oxygens (including phenoxy) is 1. The first kappa shape index (κ1) is 27.2. The molecule has 0 aromatic heterocycles. The molecular weight excluding hydrogens is 509 g/mol. The fourth-order valence-corrected chi connectivity index (χ4v) is 4.34. The monoisotopic (exact) mass is 531 g/mol. The predicted molar refractivity (Wildman–Crippen MR) is 120 cm³/mol. The number of nitriles is 1. The van der Waals surface area contributed by atoms with Gasteiger partial charge in [0.1, 0.15) is 25.2 Å². The van der Waals surface area contributed by atoms with Crippen LogP contribution in [0.1, 0.15) is 21.5 Å². The largest absolute Gasteiger partial charge is 0.484 e. The number of benzene rings is 2. The molecule has 0 aliphatic carbocycles. The van der Waals surface area contributed by atoms with E-state index in [2.05, 4.69) is 0 Å². The Morgan fingerprint density at radius 1 is 1.08 bits per heavy atom. The number of piperazine rings is 1. The summed E-state index contributed by atoms with van der Waals surface area (Å²) in [4.78, 5) is 16.1. The normalized spacial score (nSPS) is 14.6. The predicted octanol–water partition coefficient (Wildman–Crippen LogP) is 3.63. The van der Waals surface area contributed by atoms with Crippen molar-refractivity contribution in [3.8, 4) is 11.8 Å². The van der Waals surface area contributed by atoms with Crippen molar-refractivity contribution < 1.29 is 39.9 Å². The first-order valence-corrected chi connectivity index (χ1v) is 12.6. The number of anilines is 1. The Hall–Kier alpha value is -3.40. The van der Waals surface area contributed by atoms with Gasteiger partial charge in [0.15, 0.2) is 15.9 Å². The third kappa shape index (κ3) is 6.04. The van der Waals surface area contributed by atoms with Gasteiger partial charge in [-0.2, -0.15) is 18.4 Å². The summed E-state index contributed by atoms with van der Waals surface area (Å²) in [5, 5.41) is 9.34. The fraction of sp³-hybridized carbons (Fsp3) is 0.391. The van der Waals surface area contributed by atoms with E-state index in [1.54, 1.807) is 11.0 Å². The van der Waals surface area contributed by atoms with Crippen molar-refractivity contribution in [2.75, 3.05) is 50.7 Å². The third-order valence-electron chi connectivity index (χ3n) is 5.60. The van der Waals surface area contributed by atoms with Gasteiger partial charge in [-0.3, -0.25) is 4.79 Å². The number of carbonyl (C=O) groups excluding carboxylic acids is 1. The minimum absolute atomic E-state index is 0.0862. The number of hydrogen-bond donors (Lipinski definition) is 0. The smallest absolute Gasteiger partial charge is 0.416 e. The van der Waals surface area contributed by atoms with E-state index in [0.717, 1.165) is 24.5 Å². The van der Waals surface area contributed by atoms with Crippen LogP contribution in [0, 0.1) is 11.3 Å². The maximum Gasteiger partial charge on any atom is 0.416 e. The zero-order valence-electron chi connectivity index (χ0n) is 19.1. The lowest BCUT2D eigenvalue weighted by molar-refractivity contribution is -0.137. The molecular formula is C23H22F5N3O4S. The van der Waals surface area contributed by atoms with Crippen LogP contribution in [-0.4, -0.2) is 71.1 Å². The number of rotatable bonds is 7.